The molecule has 0 bridgehead atoms. The SMILES string of the molecule is N=c1c2ncn([C@@H]3O[C@H](CO)C[C@@H]3F)c2ncn1O. The van der Waals surface area contributed by atoms with Crippen LogP contribution < -0.4 is 5.49 Å². The van der Waals surface area contributed by atoms with E-state index in [4.69, 9.17) is 15.3 Å². The van der Waals surface area contributed by atoms with Crippen LogP contribution in [0.3, 0.4) is 0 Å². The number of fused-ring (bicyclic) bond motifs is 1. The Morgan fingerprint density at radius 3 is 2.95 bits per heavy atom. The first kappa shape index (κ1) is 12.1. The number of nitrogens with zero attached hydrogens (tertiary/aromatic N) is 4. The number of rotatable bonds is 2. The van der Waals surface area contributed by atoms with Crippen molar-refractivity contribution < 1.29 is 19.4 Å². The number of hydrogen-bond donors (Lipinski definition) is 3. The Morgan fingerprint density at radius 2 is 2.26 bits per heavy atom. The highest BCUT2D eigenvalue weighted by molar-refractivity contribution is 5.68. The van der Waals surface area contributed by atoms with Crippen LogP contribution in [0.15, 0.2) is 12.7 Å². The number of aliphatic hydroxyl groups excluding tert-OH is 1. The van der Waals surface area contributed by atoms with E-state index in [0.717, 1.165) is 6.33 Å². The summed E-state index contributed by atoms with van der Waals surface area (Å²) in [5, 5.41) is 25.9. The average Bonchev–Trinajstić information content (AvgIpc) is 2.97. The number of imidazole rings is 1. The van der Waals surface area contributed by atoms with Crippen molar-refractivity contribution in [3.63, 3.8) is 0 Å². The van der Waals surface area contributed by atoms with Gasteiger partial charge in [0.25, 0.3) is 0 Å². The molecule has 0 spiro atoms. The maximum atomic E-state index is 13.9. The summed E-state index contributed by atoms with van der Waals surface area (Å²) >= 11 is 0. The van der Waals surface area contributed by atoms with Gasteiger partial charge in [0, 0.05) is 6.42 Å². The van der Waals surface area contributed by atoms with Crippen LogP contribution in [-0.4, -0.2) is 48.5 Å². The lowest BCUT2D eigenvalue weighted by Gasteiger charge is -2.15. The normalized spacial score (nSPS) is 27.2. The Labute approximate surface area is 106 Å². The Bertz CT molecular complexity index is 669. The van der Waals surface area contributed by atoms with Crippen LogP contribution >= 0.6 is 0 Å². The molecular formula is C10H12FN5O3. The minimum atomic E-state index is -1.29. The Balaban J connectivity index is 2.07. The first-order valence-corrected chi connectivity index (χ1v) is 5.70. The molecule has 1 fully saturated rings. The van der Waals surface area contributed by atoms with Crippen LogP contribution in [0.2, 0.25) is 0 Å². The standard InChI is InChI=1S/C10H12FN5O3/c11-6-1-5(2-17)19-10(6)15-3-13-7-8(12)16(18)4-14-9(7)15/h3-6,10,12,17-18H,1-2H2/t5-,6-,10+/m0/s1. The molecule has 1 saturated heterocycles. The lowest BCUT2D eigenvalue weighted by Crippen LogP contribution is -2.21. The molecule has 2 aromatic rings. The summed E-state index contributed by atoms with van der Waals surface area (Å²) in [6, 6.07) is 0. The van der Waals surface area contributed by atoms with Crippen molar-refractivity contribution in [3.8, 4) is 0 Å². The summed E-state index contributed by atoms with van der Waals surface area (Å²) < 4.78 is 21.2. The van der Waals surface area contributed by atoms with E-state index in [1.54, 1.807) is 0 Å². The lowest BCUT2D eigenvalue weighted by atomic mass is 10.2. The summed E-state index contributed by atoms with van der Waals surface area (Å²) in [7, 11) is 0. The van der Waals surface area contributed by atoms with Gasteiger partial charge in [0.1, 0.15) is 12.5 Å². The molecule has 8 nitrogen and oxygen atoms in total. The zero-order chi connectivity index (χ0) is 13.6. The van der Waals surface area contributed by atoms with Crippen molar-refractivity contribution >= 4 is 11.2 Å². The molecule has 3 heterocycles. The first-order valence-electron chi connectivity index (χ1n) is 5.70. The molecule has 0 aliphatic carbocycles. The highest BCUT2D eigenvalue weighted by Gasteiger charge is 2.37. The van der Waals surface area contributed by atoms with E-state index >= 15 is 0 Å². The number of hydrogen-bond acceptors (Lipinski definition) is 6. The molecule has 0 aromatic carbocycles. The topological polar surface area (TPSA) is 109 Å². The molecule has 9 heteroatoms. The predicted octanol–water partition coefficient (Wildman–Crippen LogP) is -0.433. The number of halogens is 1. The fourth-order valence-corrected chi connectivity index (χ4v) is 2.17. The summed E-state index contributed by atoms with van der Waals surface area (Å²) in [4.78, 5) is 7.85. The number of aromatic nitrogens is 4. The highest BCUT2D eigenvalue weighted by atomic mass is 19.1. The van der Waals surface area contributed by atoms with E-state index in [1.165, 1.54) is 10.9 Å². The fourth-order valence-electron chi connectivity index (χ4n) is 2.17. The third-order valence-electron chi connectivity index (χ3n) is 3.12. The summed E-state index contributed by atoms with van der Waals surface area (Å²) in [6.45, 7) is -0.253. The largest absolute Gasteiger partial charge is 0.425 e. The van der Waals surface area contributed by atoms with Gasteiger partial charge in [0.2, 0.25) is 0 Å². The molecule has 19 heavy (non-hydrogen) atoms. The van der Waals surface area contributed by atoms with Crippen molar-refractivity contribution in [2.75, 3.05) is 6.61 Å². The second-order valence-electron chi connectivity index (χ2n) is 4.34. The van der Waals surface area contributed by atoms with Gasteiger partial charge in [0.15, 0.2) is 22.9 Å². The Kier molecular flexibility index (Phi) is 2.72. The maximum absolute atomic E-state index is 13.9. The Hall–Kier alpha value is -2.00. The third-order valence-corrected chi connectivity index (χ3v) is 3.12. The lowest BCUT2D eigenvalue weighted by molar-refractivity contribution is -0.0351. The Morgan fingerprint density at radius 1 is 1.47 bits per heavy atom. The second kappa shape index (κ2) is 4.28. The fraction of sp³-hybridized carbons (Fsp3) is 0.500. The molecule has 0 amide bonds. The van der Waals surface area contributed by atoms with Crippen molar-refractivity contribution in [2.45, 2.75) is 24.9 Å². The van der Waals surface area contributed by atoms with E-state index in [-0.39, 0.29) is 29.7 Å². The van der Waals surface area contributed by atoms with Gasteiger partial charge in [-0.25, -0.2) is 14.4 Å². The molecular weight excluding hydrogens is 257 g/mol. The molecule has 3 N–H and O–H groups in total. The molecule has 3 atom stereocenters. The van der Waals surface area contributed by atoms with Gasteiger partial charge in [-0.2, -0.15) is 4.73 Å². The number of aliphatic hydroxyl groups is 1. The van der Waals surface area contributed by atoms with Crippen molar-refractivity contribution in [1.82, 2.24) is 19.3 Å². The zero-order valence-corrected chi connectivity index (χ0v) is 9.77. The highest BCUT2D eigenvalue weighted by Crippen LogP contribution is 2.32. The van der Waals surface area contributed by atoms with Gasteiger partial charge < -0.3 is 15.1 Å². The molecule has 0 radical (unpaired) electrons. The molecule has 1 aliphatic heterocycles. The van der Waals surface area contributed by atoms with Gasteiger partial charge >= 0.3 is 0 Å². The zero-order valence-electron chi connectivity index (χ0n) is 9.77. The molecule has 2 aromatic heterocycles. The van der Waals surface area contributed by atoms with E-state index in [1.807, 2.05) is 0 Å². The number of nitrogens with one attached hydrogen (secondary N) is 1. The first-order chi connectivity index (χ1) is 9.11. The van der Waals surface area contributed by atoms with Crippen molar-refractivity contribution in [3.05, 3.63) is 18.1 Å². The van der Waals surface area contributed by atoms with Crippen LogP contribution in [0.5, 0.6) is 0 Å². The van der Waals surface area contributed by atoms with Crippen LogP contribution in [0, 0.1) is 5.41 Å². The van der Waals surface area contributed by atoms with Crippen LogP contribution in [-0.2, 0) is 4.74 Å². The van der Waals surface area contributed by atoms with Crippen molar-refractivity contribution in [1.29, 1.82) is 5.41 Å². The van der Waals surface area contributed by atoms with E-state index in [0.29, 0.717) is 4.73 Å². The molecule has 0 unspecified atom stereocenters. The summed E-state index contributed by atoms with van der Waals surface area (Å²) in [5.74, 6) is 0. The van der Waals surface area contributed by atoms with Gasteiger partial charge in [-0.05, 0) is 0 Å². The number of ether oxygens (including phenoxy) is 1. The van der Waals surface area contributed by atoms with Gasteiger partial charge in [0.05, 0.1) is 19.0 Å². The van der Waals surface area contributed by atoms with Crippen LogP contribution in [0.25, 0.3) is 11.2 Å². The second-order valence-corrected chi connectivity index (χ2v) is 4.34. The van der Waals surface area contributed by atoms with Crippen LogP contribution in [0.1, 0.15) is 12.6 Å². The van der Waals surface area contributed by atoms with Crippen LogP contribution in [0.4, 0.5) is 4.39 Å². The molecule has 3 rings (SSSR count). The monoisotopic (exact) mass is 269 g/mol. The number of alkyl halides is 1. The average molecular weight is 269 g/mol. The maximum Gasteiger partial charge on any atom is 0.192 e. The van der Waals surface area contributed by atoms with E-state index in [9.17, 15) is 9.60 Å². The van der Waals surface area contributed by atoms with E-state index < -0.39 is 18.5 Å². The van der Waals surface area contributed by atoms with Gasteiger partial charge in [-0.1, -0.05) is 0 Å². The van der Waals surface area contributed by atoms with Gasteiger partial charge in [-0.3, -0.25) is 9.98 Å². The molecule has 102 valence electrons. The smallest absolute Gasteiger partial charge is 0.192 e. The third kappa shape index (κ3) is 1.78. The van der Waals surface area contributed by atoms with E-state index in [2.05, 4.69) is 9.97 Å². The van der Waals surface area contributed by atoms with Crippen molar-refractivity contribution in [2.24, 2.45) is 0 Å². The summed E-state index contributed by atoms with van der Waals surface area (Å²) in [6.07, 6.45) is -0.321. The minimum absolute atomic E-state index is 0.0986. The minimum Gasteiger partial charge on any atom is -0.425 e. The quantitative estimate of drug-likeness (QED) is 0.641. The predicted molar refractivity (Wildman–Crippen MR) is 59.1 cm³/mol. The molecule has 0 saturated carbocycles. The van der Waals surface area contributed by atoms with Gasteiger partial charge in [-0.15, -0.1) is 0 Å². The molecule has 1 aliphatic rings. The summed E-state index contributed by atoms with van der Waals surface area (Å²) in [5.41, 5.74) is 0.158.